The highest BCUT2D eigenvalue weighted by molar-refractivity contribution is 7.72. The Bertz CT molecular complexity index is 1240. The average Bonchev–Trinajstić information content (AvgIpc) is 3.16. The smallest absolute Gasteiger partial charge is 0.417 e. The third kappa shape index (κ3) is 8.26. The van der Waals surface area contributed by atoms with Gasteiger partial charge in [0.05, 0.1) is 6.61 Å². The molecule has 0 atom stereocenters. The highest BCUT2D eigenvalue weighted by Gasteiger charge is 2.24. The second-order valence-electron chi connectivity index (χ2n) is 8.65. The van der Waals surface area contributed by atoms with Gasteiger partial charge in [0, 0.05) is 29.9 Å². The molecule has 9 heteroatoms. The van der Waals surface area contributed by atoms with E-state index in [0.29, 0.717) is 48.8 Å². The zero-order valence-corrected chi connectivity index (χ0v) is 21.2. The summed E-state index contributed by atoms with van der Waals surface area (Å²) >= 11 is 5.81. The number of rotatable bonds is 9. The van der Waals surface area contributed by atoms with E-state index >= 15 is 0 Å². The van der Waals surface area contributed by atoms with Crippen LogP contribution in [0.5, 0.6) is 5.75 Å². The normalized spacial score (nSPS) is 13.2. The number of halogens is 1. The molecule has 1 amide bonds. The standard InChI is InChI=1S/C26H28ClNO6S/c1-17(2)16-33-24-13-12-23(29)22(24)11-6-18-4-3-5-19(14-18)15-25(35(31)32)28-26(30)34-21-9-7-20(27)8-10-21/h3-5,7-10,14,17H,6,11-13,15-16H2,1-2H3,(H,28,30). The Hall–Kier alpha value is -3.10. The third-order valence-electron chi connectivity index (χ3n) is 5.33. The van der Waals surface area contributed by atoms with E-state index in [1.807, 2.05) is 18.2 Å². The largest absolute Gasteiger partial charge is 0.497 e. The summed E-state index contributed by atoms with van der Waals surface area (Å²) in [6.07, 6.45) is 1.38. The maximum absolute atomic E-state index is 12.3. The Labute approximate surface area is 211 Å². The number of carbonyl (C=O) groups excluding carboxylic acids is 2. The molecule has 0 saturated carbocycles. The van der Waals surface area contributed by atoms with Crippen molar-refractivity contribution in [3.8, 4) is 5.75 Å². The Morgan fingerprint density at radius 2 is 1.77 bits per heavy atom. The molecule has 0 aromatic heterocycles. The van der Waals surface area contributed by atoms with Crippen LogP contribution in [0, 0.1) is 5.92 Å². The van der Waals surface area contributed by atoms with Crippen LogP contribution < -0.4 is 10.1 Å². The molecule has 0 heterocycles. The lowest BCUT2D eigenvalue weighted by molar-refractivity contribution is -0.115. The quantitative estimate of drug-likeness (QED) is 0.475. The SMILES string of the molecule is CC(C)COC1=C(CCc2cccc(CC(NC(=O)Oc3ccc(Cl)cc3)=S(=O)=O)c2)C(=O)CC1. The van der Waals surface area contributed by atoms with E-state index < -0.39 is 16.4 Å². The summed E-state index contributed by atoms with van der Waals surface area (Å²) in [5, 5.41) is 2.78. The summed E-state index contributed by atoms with van der Waals surface area (Å²) in [6.45, 7) is 4.71. The van der Waals surface area contributed by atoms with Crippen LogP contribution >= 0.6 is 11.6 Å². The molecule has 0 aliphatic heterocycles. The number of allylic oxidation sites excluding steroid dienone is 2. The van der Waals surface area contributed by atoms with Gasteiger partial charge in [0.15, 0.2) is 5.78 Å². The molecule has 2 aromatic carbocycles. The van der Waals surface area contributed by atoms with Gasteiger partial charge < -0.3 is 9.47 Å². The summed E-state index contributed by atoms with van der Waals surface area (Å²) in [5.74, 6) is 1.53. The van der Waals surface area contributed by atoms with Crippen LogP contribution in [0.15, 0.2) is 59.9 Å². The van der Waals surface area contributed by atoms with E-state index in [1.165, 1.54) is 12.1 Å². The van der Waals surface area contributed by atoms with E-state index in [-0.39, 0.29) is 22.9 Å². The molecule has 1 aliphatic rings. The lowest BCUT2D eigenvalue weighted by atomic mass is 10.0. The minimum Gasteiger partial charge on any atom is -0.497 e. The Morgan fingerprint density at radius 1 is 1.06 bits per heavy atom. The Balaban J connectivity index is 1.63. The summed E-state index contributed by atoms with van der Waals surface area (Å²) < 4.78 is 34.4. The van der Waals surface area contributed by atoms with Crippen LogP contribution in [0.2, 0.25) is 5.02 Å². The number of nitrogens with one attached hydrogen (secondary N) is 1. The van der Waals surface area contributed by atoms with Crippen LogP contribution in [-0.4, -0.2) is 31.9 Å². The summed E-state index contributed by atoms with van der Waals surface area (Å²) in [5.41, 5.74) is 2.41. The van der Waals surface area contributed by atoms with Crippen molar-refractivity contribution in [2.45, 2.75) is 46.0 Å². The van der Waals surface area contributed by atoms with Crippen LogP contribution in [0.3, 0.4) is 0 Å². The zero-order chi connectivity index (χ0) is 25.4. The highest BCUT2D eigenvalue weighted by atomic mass is 35.5. The molecule has 1 aliphatic carbocycles. The zero-order valence-electron chi connectivity index (χ0n) is 19.7. The fraction of sp³-hybridized carbons (Fsp3) is 0.346. The van der Waals surface area contributed by atoms with Crippen molar-refractivity contribution in [3.05, 3.63) is 76.0 Å². The lowest BCUT2D eigenvalue weighted by Crippen LogP contribution is -2.34. The molecule has 0 radical (unpaired) electrons. The van der Waals surface area contributed by atoms with Crippen molar-refractivity contribution < 1.29 is 27.5 Å². The minimum absolute atomic E-state index is 0.00988. The third-order valence-corrected chi connectivity index (χ3v) is 6.23. The van der Waals surface area contributed by atoms with Crippen molar-refractivity contribution in [1.29, 1.82) is 0 Å². The molecule has 0 fully saturated rings. The number of ketones is 1. The first-order valence-electron chi connectivity index (χ1n) is 11.4. The maximum Gasteiger partial charge on any atom is 0.417 e. The summed E-state index contributed by atoms with van der Waals surface area (Å²) in [4.78, 5) is 24.3. The summed E-state index contributed by atoms with van der Waals surface area (Å²) in [7, 11) is -2.65. The predicted molar refractivity (Wildman–Crippen MR) is 135 cm³/mol. The van der Waals surface area contributed by atoms with Gasteiger partial charge in [0.2, 0.25) is 10.3 Å². The van der Waals surface area contributed by atoms with Gasteiger partial charge in [-0.15, -0.1) is 0 Å². The number of ether oxygens (including phenoxy) is 2. The fourth-order valence-corrected chi connectivity index (χ4v) is 4.21. The lowest BCUT2D eigenvalue weighted by Gasteiger charge is -2.12. The number of hydrogen-bond acceptors (Lipinski definition) is 6. The van der Waals surface area contributed by atoms with Gasteiger partial charge in [-0.3, -0.25) is 10.1 Å². The van der Waals surface area contributed by atoms with E-state index in [1.54, 1.807) is 18.2 Å². The van der Waals surface area contributed by atoms with Crippen molar-refractivity contribution in [2.75, 3.05) is 6.61 Å². The van der Waals surface area contributed by atoms with Crippen molar-refractivity contribution in [3.63, 3.8) is 0 Å². The van der Waals surface area contributed by atoms with Crippen molar-refractivity contribution in [2.24, 2.45) is 5.92 Å². The van der Waals surface area contributed by atoms with Gasteiger partial charge >= 0.3 is 6.09 Å². The summed E-state index contributed by atoms with van der Waals surface area (Å²) in [6, 6.07) is 13.5. The van der Waals surface area contributed by atoms with Crippen LogP contribution in [0.4, 0.5) is 4.79 Å². The number of amides is 1. The van der Waals surface area contributed by atoms with Crippen LogP contribution in [-0.2, 0) is 32.7 Å². The van der Waals surface area contributed by atoms with Gasteiger partial charge in [-0.2, -0.15) is 8.42 Å². The molecule has 3 rings (SSSR count). The second kappa shape index (κ2) is 12.6. The molecule has 0 unspecified atom stereocenters. The van der Waals surface area contributed by atoms with Gasteiger partial charge in [-0.25, -0.2) is 4.79 Å². The first-order chi connectivity index (χ1) is 16.7. The molecular weight excluding hydrogens is 490 g/mol. The monoisotopic (exact) mass is 517 g/mol. The Kier molecular flexibility index (Phi) is 9.51. The van der Waals surface area contributed by atoms with Crippen LogP contribution in [0.1, 0.15) is 44.2 Å². The number of benzene rings is 2. The molecular formula is C26H28ClNO6S. The fourth-order valence-electron chi connectivity index (χ4n) is 3.63. The van der Waals surface area contributed by atoms with Gasteiger partial charge in [-0.1, -0.05) is 49.7 Å². The second-order valence-corrected chi connectivity index (χ2v) is 10.1. The van der Waals surface area contributed by atoms with Crippen molar-refractivity contribution >= 4 is 38.8 Å². The van der Waals surface area contributed by atoms with Gasteiger partial charge in [0.25, 0.3) is 0 Å². The van der Waals surface area contributed by atoms with Gasteiger partial charge in [0.1, 0.15) is 16.5 Å². The average molecular weight is 518 g/mol. The van der Waals surface area contributed by atoms with Crippen molar-refractivity contribution in [1.82, 2.24) is 5.32 Å². The number of hydrogen-bond donors (Lipinski definition) is 1. The molecule has 0 bridgehead atoms. The first-order valence-corrected chi connectivity index (χ1v) is 12.8. The highest BCUT2D eigenvalue weighted by Crippen LogP contribution is 2.28. The maximum atomic E-state index is 12.3. The Morgan fingerprint density at radius 3 is 2.46 bits per heavy atom. The van der Waals surface area contributed by atoms with E-state index in [4.69, 9.17) is 21.1 Å². The predicted octanol–water partition coefficient (Wildman–Crippen LogP) is 4.90. The molecule has 186 valence electrons. The topological polar surface area (TPSA) is 98.8 Å². The van der Waals surface area contributed by atoms with E-state index in [2.05, 4.69) is 19.2 Å². The minimum atomic E-state index is -2.65. The molecule has 0 saturated heterocycles. The molecule has 2 aromatic rings. The molecule has 1 N–H and O–H groups in total. The first kappa shape index (κ1) is 26.5. The number of aryl methyl sites for hydroxylation is 1. The van der Waals surface area contributed by atoms with Gasteiger partial charge in [-0.05, 0) is 54.2 Å². The number of carbonyl (C=O) groups is 2. The molecule has 7 nitrogen and oxygen atoms in total. The van der Waals surface area contributed by atoms with E-state index in [0.717, 1.165) is 16.9 Å². The molecule has 0 spiro atoms. The molecule has 35 heavy (non-hydrogen) atoms. The van der Waals surface area contributed by atoms with E-state index in [9.17, 15) is 18.0 Å². The van der Waals surface area contributed by atoms with Crippen LogP contribution in [0.25, 0.3) is 0 Å². The number of Topliss-reactive ketones (excluding diaryl/α,β-unsaturated/α-hetero) is 1.